The molecule has 1 amide bonds. The van der Waals surface area contributed by atoms with Gasteiger partial charge in [0, 0.05) is 11.4 Å². The van der Waals surface area contributed by atoms with Gasteiger partial charge in [0.15, 0.2) is 11.5 Å². The van der Waals surface area contributed by atoms with Gasteiger partial charge in [0.2, 0.25) is 5.95 Å². The number of anilines is 2. The number of nitrogens with one attached hydrogen (secondary N) is 2. The van der Waals surface area contributed by atoms with Crippen LogP contribution in [0.3, 0.4) is 0 Å². The maximum Gasteiger partial charge on any atom is 0.255 e. The third-order valence-electron chi connectivity index (χ3n) is 5.28. The lowest BCUT2D eigenvalue weighted by Crippen LogP contribution is -2.31. The fourth-order valence-electron chi connectivity index (χ4n) is 3.82. The normalized spacial score (nSPS) is 15.0. The van der Waals surface area contributed by atoms with E-state index in [2.05, 4.69) is 36.6 Å². The molecule has 0 bridgehead atoms. The zero-order valence-corrected chi connectivity index (χ0v) is 20.6. The Hall–Kier alpha value is -3.33. The van der Waals surface area contributed by atoms with Crippen molar-refractivity contribution in [3.63, 3.8) is 0 Å². The number of aryl methyl sites for hydroxylation is 1. The fraction of sp³-hybridized carbons (Fsp3) is 0.292. The van der Waals surface area contributed by atoms with Crippen molar-refractivity contribution in [2.24, 2.45) is 0 Å². The molecule has 0 spiro atoms. The Morgan fingerprint density at radius 1 is 1.15 bits per heavy atom. The summed E-state index contributed by atoms with van der Waals surface area (Å²) in [5.41, 5.74) is 3.89. The summed E-state index contributed by atoms with van der Waals surface area (Å²) in [5, 5.41) is 10.6. The number of halogens is 1. The first-order valence-corrected chi connectivity index (χ1v) is 11.6. The average molecular weight is 512 g/mol. The predicted molar refractivity (Wildman–Crippen MR) is 131 cm³/mol. The molecule has 8 nitrogen and oxygen atoms in total. The second-order valence-corrected chi connectivity index (χ2v) is 8.46. The molecule has 0 saturated heterocycles. The Morgan fingerprint density at radius 2 is 1.88 bits per heavy atom. The summed E-state index contributed by atoms with van der Waals surface area (Å²) in [7, 11) is 0. The number of fused-ring (bicyclic) bond motifs is 1. The van der Waals surface area contributed by atoms with Gasteiger partial charge in [0.1, 0.15) is 12.4 Å². The zero-order valence-electron chi connectivity index (χ0n) is 19.0. The second-order valence-electron chi connectivity index (χ2n) is 7.61. The Labute approximate surface area is 201 Å². The first-order chi connectivity index (χ1) is 15.9. The summed E-state index contributed by atoms with van der Waals surface area (Å²) in [6.07, 6.45) is 1.47. The molecular formula is C24H26BrN5O3. The second kappa shape index (κ2) is 9.66. The van der Waals surface area contributed by atoms with Crippen molar-refractivity contribution in [2.75, 3.05) is 23.8 Å². The van der Waals surface area contributed by atoms with Crippen molar-refractivity contribution in [1.29, 1.82) is 0 Å². The monoisotopic (exact) mass is 511 g/mol. The van der Waals surface area contributed by atoms with E-state index in [0.29, 0.717) is 41.9 Å². The van der Waals surface area contributed by atoms with Gasteiger partial charge in [-0.1, -0.05) is 17.7 Å². The minimum Gasteiger partial charge on any atom is -0.490 e. The molecule has 1 aliphatic rings. The number of allylic oxidation sites excluding steroid dienone is 1. The fourth-order valence-corrected chi connectivity index (χ4v) is 4.40. The number of hydrogen-bond acceptors (Lipinski definition) is 6. The summed E-state index contributed by atoms with van der Waals surface area (Å²) < 4.78 is 14.1. The predicted octanol–water partition coefficient (Wildman–Crippen LogP) is 5.07. The highest BCUT2D eigenvalue weighted by molar-refractivity contribution is 9.10. The van der Waals surface area contributed by atoms with Gasteiger partial charge >= 0.3 is 0 Å². The lowest BCUT2D eigenvalue weighted by atomic mass is 9.94. The largest absolute Gasteiger partial charge is 0.490 e. The van der Waals surface area contributed by atoms with Crippen LogP contribution in [-0.4, -0.2) is 33.9 Å². The molecule has 0 aliphatic carbocycles. The molecule has 0 radical (unpaired) electrons. The minimum absolute atomic E-state index is 0.224. The summed E-state index contributed by atoms with van der Waals surface area (Å²) in [6.45, 7) is 8.69. The van der Waals surface area contributed by atoms with Crippen LogP contribution in [-0.2, 0) is 4.79 Å². The SMILES string of the molecule is CCOc1cc(C2C(C(=O)Nc3ccc(C)cc3)=C(C)Nc3ncnn32)cc(Br)c1OCC. The van der Waals surface area contributed by atoms with Gasteiger partial charge in [-0.15, -0.1) is 0 Å². The van der Waals surface area contributed by atoms with Crippen LogP contribution in [0.15, 0.2) is 58.5 Å². The van der Waals surface area contributed by atoms with E-state index in [1.165, 1.54) is 6.33 Å². The van der Waals surface area contributed by atoms with Crippen molar-refractivity contribution in [1.82, 2.24) is 14.8 Å². The van der Waals surface area contributed by atoms with Gasteiger partial charge in [-0.3, -0.25) is 4.79 Å². The molecule has 1 unspecified atom stereocenters. The van der Waals surface area contributed by atoms with Crippen LogP contribution in [0.5, 0.6) is 11.5 Å². The molecule has 2 heterocycles. The third kappa shape index (κ3) is 4.59. The number of aromatic nitrogens is 3. The Morgan fingerprint density at radius 3 is 2.58 bits per heavy atom. The molecule has 3 aromatic rings. The molecule has 33 heavy (non-hydrogen) atoms. The lowest BCUT2D eigenvalue weighted by molar-refractivity contribution is -0.113. The Kier molecular flexibility index (Phi) is 6.69. The number of hydrogen-bond donors (Lipinski definition) is 2. The van der Waals surface area contributed by atoms with Crippen molar-refractivity contribution in [3.8, 4) is 11.5 Å². The van der Waals surface area contributed by atoms with Crippen molar-refractivity contribution >= 4 is 33.5 Å². The molecule has 9 heteroatoms. The standard InChI is InChI=1S/C24H26BrN5O3/c1-5-32-19-12-16(11-18(25)22(19)33-6-2)21-20(15(4)28-24-26-13-27-30(21)24)23(31)29-17-9-7-14(3)8-10-17/h7-13,21H,5-6H2,1-4H3,(H,29,31)(H,26,27,28). The van der Waals surface area contributed by atoms with Gasteiger partial charge in [0.25, 0.3) is 5.91 Å². The molecule has 2 aromatic carbocycles. The van der Waals surface area contributed by atoms with E-state index in [0.717, 1.165) is 21.3 Å². The van der Waals surface area contributed by atoms with E-state index >= 15 is 0 Å². The first-order valence-electron chi connectivity index (χ1n) is 10.8. The molecule has 1 aromatic heterocycles. The molecule has 4 rings (SSSR count). The first kappa shape index (κ1) is 22.8. The summed E-state index contributed by atoms with van der Waals surface area (Å²) in [5.74, 6) is 1.56. The molecule has 172 valence electrons. The molecule has 2 N–H and O–H groups in total. The summed E-state index contributed by atoms with van der Waals surface area (Å²) >= 11 is 3.62. The highest BCUT2D eigenvalue weighted by Gasteiger charge is 2.34. The van der Waals surface area contributed by atoms with Gasteiger partial charge in [-0.25, -0.2) is 4.68 Å². The number of amides is 1. The van der Waals surface area contributed by atoms with Crippen LogP contribution in [0, 0.1) is 6.92 Å². The number of rotatable bonds is 7. The van der Waals surface area contributed by atoms with E-state index in [-0.39, 0.29) is 5.91 Å². The molecule has 1 atom stereocenters. The molecular weight excluding hydrogens is 486 g/mol. The van der Waals surface area contributed by atoms with E-state index in [1.54, 1.807) is 4.68 Å². The van der Waals surface area contributed by atoms with E-state index in [9.17, 15) is 4.79 Å². The minimum atomic E-state index is -0.514. The van der Waals surface area contributed by atoms with E-state index in [4.69, 9.17) is 9.47 Å². The van der Waals surface area contributed by atoms with Crippen molar-refractivity contribution in [2.45, 2.75) is 33.7 Å². The highest BCUT2D eigenvalue weighted by Crippen LogP contribution is 2.42. The average Bonchev–Trinajstić information content (AvgIpc) is 3.24. The van der Waals surface area contributed by atoms with Crippen LogP contribution in [0.1, 0.15) is 37.9 Å². The smallest absolute Gasteiger partial charge is 0.255 e. The maximum atomic E-state index is 13.5. The molecule has 0 saturated carbocycles. The van der Waals surface area contributed by atoms with Crippen LogP contribution in [0.4, 0.5) is 11.6 Å². The molecule has 0 fully saturated rings. The van der Waals surface area contributed by atoms with Crippen LogP contribution in [0.25, 0.3) is 0 Å². The van der Waals surface area contributed by atoms with Gasteiger partial charge < -0.3 is 20.1 Å². The van der Waals surface area contributed by atoms with Crippen molar-refractivity contribution < 1.29 is 14.3 Å². The van der Waals surface area contributed by atoms with Crippen LogP contribution in [0.2, 0.25) is 0 Å². The quantitative estimate of drug-likeness (QED) is 0.459. The van der Waals surface area contributed by atoms with Gasteiger partial charge in [0.05, 0.1) is 23.3 Å². The number of benzene rings is 2. The number of carbonyl (C=O) groups excluding carboxylic acids is 1. The zero-order chi connectivity index (χ0) is 23.5. The van der Waals surface area contributed by atoms with Gasteiger partial charge in [-0.05, 0) is 73.5 Å². The van der Waals surface area contributed by atoms with Gasteiger partial charge in [-0.2, -0.15) is 10.1 Å². The van der Waals surface area contributed by atoms with Crippen LogP contribution < -0.4 is 20.1 Å². The topological polar surface area (TPSA) is 90.3 Å². The molecule has 1 aliphatic heterocycles. The Balaban J connectivity index is 1.80. The highest BCUT2D eigenvalue weighted by atomic mass is 79.9. The summed E-state index contributed by atoms with van der Waals surface area (Å²) in [6, 6.07) is 11.0. The Bertz CT molecular complexity index is 1200. The number of nitrogens with zero attached hydrogens (tertiary/aromatic N) is 3. The summed E-state index contributed by atoms with van der Waals surface area (Å²) in [4.78, 5) is 17.8. The maximum absolute atomic E-state index is 13.5. The van der Waals surface area contributed by atoms with Crippen molar-refractivity contribution in [3.05, 3.63) is 69.6 Å². The van der Waals surface area contributed by atoms with E-state index < -0.39 is 6.04 Å². The number of ether oxygens (including phenoxy) is 2. The van der Waals surface area contributed by atoms with Crippen LogP contribution >= 0.6 is 15.9 Å². The third-order valence-corrected chi connectivity index (χ3v) is 5.87. The van der Waals surface area contributed by atoms with E-state index in [1.807, 2.05) is 64.1 Å². The lowest BCUT2D eigenvalue weighted by Gasteiger charge is -2.29. The number of carbonyl (C=O) groups is 1.